The molecule has 0 spiro atoms. The summed E-state index contributed by atoms with van der Waals surface area (Å²) in [4.78, 5) is 6.36. The molecule has 0 saturated carbocycles. The second-order valence-corrected chi connectivity index (χ2v) is 8.86. The number of guanidine groups is 1. The van der Waals surface area contributed by atoms with Crippen molar-refractivity contribution in [3.63, 3.8) is 0 Å². The minimum atomic E-state index is -3.46. The van der Waals surface area contributed by atoms with Gasteiger partial charge in [0.05, 0.1) is 4.90 Å². The van der Waals surface area contributed by atoms with Gasteiger partial charge in [0.2, 0.25) is 10.0 Å². The molecule has 1 N–H and O–H groups in total. The fraction of sp³-hybridized carbons (Fsp3) is 0.350. The van der Waals surface area contributed by atoms with Crippen LogP contribution in [-0.4, -0.2) is 58.4 Å². The van der Waals surface area contributed by atoms with Crippen molar-refractivity contribution in [2.45, 2.75) is 24.6 Å². The SMILES string of the molecule is CN=C(NCc1ccc(S(=O)(=O)N(C)C)cc1)N(C)Cc1ccc(OC(F)F)cc1.I. The first-order chi connectivity index (χ1) is 14.1. The molecule has 0 aliphatic carbocycles. The minimum absolute atomic E-state index is 0. The fourth-order valence-electron chi connectivity index (χ4n) is 2.68. The van der Waals surface area contributed by atoms with Crippen LogP contribution >= 0.6 is 24.0 Å². The standard InChI is InChI=1S/C20H26F2N4O3S.HI/c1-23-20(26(4)14-16-5-9-17(10-6-16)29-19(21)22)24-13-15-7-11-18(12-8-15)30(27,28)25(2)3;/h5-12,19H,13-14H2,1-4H3,(H,23,24);1H. The third-order valence-electron chi connectivity index (χ3n) is 4.29. The van der Waals surface area contributed by atoms with Gasteiger partial charge in [-0.15, -0.1) is 24.0 Å². The lowest BCUT2D eigenvalue weighted by Gasteiger charge is -2.22. The first kappa shape index (κ1) is 27.0. The number of nitrogens with one attached hydrogen (secondary N) is 1. The summed E-state index contributed by atoms with van der Waals surface area (Å²) in [6, 6.07) is 13.1. The molecule has 0 saturated heterocycles. The number of hydrogen-bond donors (Lipinski definition) is 1. The zero-order valence-corrected chi connectivity index (χ0v) is 20.9. The predicted octanol–water partition coefficient (Wildman–Crippen LogP) is 3.36. The summed E-state index contributed by atoms with van der Waals surface area (Å²) in [5.41, 5.74) is 1.80. The summed E-state index contributed by atoms with van der Waals surface area (Å²) >= 11 is 0. The number of benzene rings is 2. The van der Waals surface area contributed by atoms with E-state index in [2.05, 4.69) is 15.0 Å². The second kappa shape index (κ2) is 12.2. The number of alkyl halides is 2. The highest BCUT2D eigenvalue weighted by atomic mass is 127. The van der Waals surface area contributed by atoms with Crippen LogP contribution in [0.1, 0.15) is 11.1 Å². The third-order valence-corrected chi connectivity index (χ3v) is 6.12. The van der Waals surface area contributed by atoms with Gasteiger partial charge in [-0.05, 0) is 35.4 Å². The van der Waals surface area contributed by atoms with Crippen LogP contribution in [0.5, 0.6) is 5.75 Å². The number of sulfonamides is 1. The van der Waals surface area contributed by atoms with Crippen LogP contribution in [0.25, 0.3) is 0 Å². The summed E-state index contributed by atoms with van der Waals surface area (Å²) in [6.45, 7) is -1.88. The highest BCUT2D eigenvalue weighted by Gasteiger charge is 2.16. The smallest absolute Gasteiger partial charge is 0.387 e. The zero-order valence-electron chi connectivity index (χ0n) is 17.7. The van der Waals surface area contributed by atoms with Crippen LogP contribution in [0.3, 0.4) is 0 Å². The van der Waals surface area contributed by atoms with Crippen molar-refractivity contribution in [1.82, 2.24) is 14.5 Å². The minimum Gasteiger partial charge on any atom is -0.435 e. The lowest BCUT2D eigenvalue weighted by Crippen LogP contribution is -2.38. The van der Waals surface area contributed by atoms with Crippen molar-refractivity contribution in [3.05, 3.63) is 59.7 Å². The quantitative estimate of drug-likeness (QED) is 0.301. The Bertz CT molecular complexity index is 953. The van der Waals surface area contributed by atoms with Crippen molar-refractivity contribution in [1.29, 1.82) is 0 Å². The van der Waals surface area contributed by atoms with E-state index in [4.69, 9.17) is 0 Å². The second-order valence-electron chi connectivity index (χ2n) is 6.71. The van der Waals surface area contributed by atoms with E-state index in [0.717, 1.165) is 11.1 Å². The molecule has 0 aliphatic rings. The Balaban J connectivity index is 0.00000480. The Hall–Kier alpha value is -1.99. The molecule has 0 aliphatic heterocycles. The van der Waals surface area contributed by atoms with Gasteiger partial charge < -0.3 is 15.0 Å². The van der Waals surface area contributed by atoms with Crippen molar-refractivity contribution in [3.8, 4) is 5.75 Å². The van der Waals surface area contributed by atoms with Gasteiger partial charge in [0.1, 0.15) is 5.75 Å². The molecule has 0 heterocycles. The average Bonchev–Trinajstić information content (AvgIpc) is 2.70. The number of nitrogens with zero attached hydrogens (tertiary/aromatic N) is 3. The first-order valence-electron chi connectivity index (χ1n) is 9.10. The van der Waals surface area contributed by atoms with Gasteiger partial charge in [-0.3, -0.25) is 4.99 Å². The number of rotatable bonds is 8. The summed E-state index contributed by atoms with van der Waals surface area (Å²) in [5.74, 6) is 0.742. The maximum atomic E-state index is 12.2. The van der Waals surface area contributed by atoms with Crippen LogP contribution in [0.15, 0.2) is 58.4 Å². The average molecular weight is 568 g/mol. The lowest BCUT2D eigenvalue weighted by molar-refractivity contribution is -0.0498. The van der Waals surface area contributed by atoms with Crippen LogP contribution in [0.4, 0.5) is 8.78 Å². The number of aliphatic imine (C=N–C) groups is 1. The number of hydrogen-bond acceptors (Lipinski definition) is 4. The molecule has 172 valence electrons. The molecule has 31 heavy (non-hydrogen) atoms. The van der Waals surface area contributed by atoms with E-state index in [0.29, 0.717) is 19.0 Å². The van der Waals surface area contributed by atoms with Crippen LogP contribution in [0.2, 0.25) is 0 Å². The molecule has 2 aromatic rings. The Morgan fingerprint density at radius 2 is 1.58 bits per heavy atom. The normalized spacial score (nSPS) is 11.9. The molecule has 11 heteroatoms. The molecule has 7 nitrogen and oxygen atoms in total. The summed E-state index contributed by atoms with van der Waals surface area (Å²) in [7, 11) is 3.03. The van der Waals surface area contributed by atoms with Gasteiger partial charge >= 0.3 is 6.61 Å². The molecule has 0 atom stereocenters. The highest BCUT2D eigenvalue weighted by molar-refractivity contribution is 14.0. The highest BCUT2D eigenvalue weighted by Crippen LogP contribution is 2.16. The largest absolute Gasteiger partial charge is 0.435 e. The van der Waals surface area contributed by atoms with Crippen molar-refractivity contribution >= 4 is 40.0 Å². The zero-order chi connectivity index (χ0) is 22.3. The van der Waals surface area contributed by atoms with E-state index < -0.39 is 16.6 Å². The van der Waals surface area contributed by atoms with E-state index in [1.807, 2.05) is 11.9 Å². The van der Waals surface area contributed by atoms with Gasteiger partial charge in [-0.1, -0.05) is 24.3 Å². The van der Waals surface area contributed by atoms with Crippen molar-refractivity contribution in [2.75, 3.05) is 28.2 Å². The Labute approximate surface area is 199 Å². The summed E-state index contributed by atoms with van der Waals surface area (Å²) in [5, 5.41) is 3.22. The molecule has 2 rings (SSSR count). The van der Waals surface area contributed by atoms with Gasteiger partial charge in [-0.25, -0.2) is 12.7 Å². The summed E-state index contributed by atoms with van der Waals surface area (Å²) < 4.78 is 54.3. The van der Waals surface area contributed by atoms with Crippen molar-refractivity contribution in [2.24, 2.45) is 4.99 Å². The molecular formula is C20H27F2IN4O3S. The van der Waals surface area contributed by atoms with Gasteiger partial charge in [0.25, 0.3) is 0 Å². The predicted molar refractivity (Wildman–Crippen MR) is 127 cm³/mol. The summed E-state index contributed by atoms with van der Waals surface area (Å²) in [6.07, 6.45) is 0. The number of halogens is 3. The van der Waals surface area contributed by atoms with E-state index in [9.17, 15) is 17.2 Å². The van der Waals surface area contributed by atoms with Gasteiger partial charge in [0, 0.05) is 41.3 Å². The monoisotopic (exact) mass is 568 g/mol. The van der Waals surface area contributed by atoms with Gasteiger partial charge in [0.15, 0.2) is 5.96 Å². The molecule has 2 aromatic carbocycles. The van der Waals surface area contributed by atoms with E-state index in [1.54, 1.807) is 43.4 Å². The first-order valence-corrected chi connectivity index (χ1v) is 10.5. The molecule has 0 aromatic heterocycles. The van der Waals surface area contributed by atoms with Crippen LogP contribution in [0, 0.1) is 0 Å². The molecule has 0 radical (unpaired) electrons. The Morgan fingerprint density at radius 1 is 1.03 bits per heavy atom. The maximum absolute atomic E-state index is 12.2. The lowest BCUT2D eigenvalue weighted by atomic mass is 10.2. The topological polar surface area (TPSA) is 74.2 Å². The van der Waals surface area contributed by atoms with Crippen LogP contribution < -0.4 is 10.1 Å². The van der Waals surface area contributed by atoms with E-state index in [1.165, 1.54) is 30.5 Å². The molecule has 0 amide bonds. The molecular weight excluding hydrogens is 541 g/mol. The van der Waals surface area contributed by atoms with Gasteiger partial charge in [-0.2, -0.15) is 8.78 Å². The molecule has 0 unspecified atom stereocenters. The fourth-order valence-corrected chi connectivity index (χ4v) is 3.58. The van der Waals surface area contributed by atoms with E-state index >= 15 is 0 Å². The van der Waals surface area contributed by atoms with Crippen molar-refractivity contribution < 1.29 is 21.9 Å². The molecule has 0 fully saturated rings. The Kier molecular flexibility index (Phi) is 10.6. The van der Waals surface area contributed by atoms with Crippen LogP contribution in [-0.2, 0) is 23.1 Å². The molecule has 0 bridgehead atoms. The third kappa shape index (κ3) is 7.89. The Morgan fingerprint density at radius 3 is 2.06 bits per heavy atom. The maximum Gasteiger partial charge on any atom is 0.387 e. The number of ether oxygens (including phenoxy) is 1. The van der Waals surface area contributed by atoms with E-state index in [-0.39, 0.29) is 34.6 Å².